The van der Waals surface area contributed by atoms with Crippen molar-refractivity contribution >= 4 is 16.9 Å². The first-order valence-corrected chi connectivity index (χ1v) is 11.1. The maximum absolute atomic E-state index is 11.3. The molecule has 6 heteroatoms. The standard InChI is InChI=1S/C26H32N2O4/c1-16-13-17(2)24(20-9-11-27-23(16)20)32-22-10-12-28(15-26(3,4)31)14-21(22)18-5-7-19(8-6-18)25(29)30/h5-9,11,13,21-22,27,31H,10,12,14-15H2,1-4H3,(H,29,30)/t21-,22+/m0/s1. The molecule has 1 aliphatic heterocycles. The average molecular weight is 437 g/mol. The van der Waals surface area contributed by atoms with Gasteiger partial charge >= 0.3 is 5.97 Å². The Labute approximate surface area is 188 Å². The van der Waals surface area contributed by atoms with E-state index in [9.17, 15) is 15.0 Å². The Kier molecular flexibility index (Phi) is 6.01. The number of aliphatic hydroxyl groups is 1. The fourth-order valence-electron chi connectivity index (χ4n) is 4.89. The minimum absolute atomic E-state index is 0.0526. The number of aromatic carboxylic acids is 1. The zero-order valence-corrected chi connectivity index (χ0v) is 19.2. The maximum Gasteiger partial charge on any atom is 0.335 e. The number of aryl methyl sites for hydroxylation is 2. The zero-order valence-electron chi connectivity index (χ0n) is 19.2. The number of carboxylic acids is 1. The van der Waals surface area contributed by atoms with E-state index in [0.717, 1.165) is 47.3 Å². The first-order chi connectivity index (χ1) is 15.1. The van der Waals surface area contributed by atoms with Gasteiger partial charge in [0.1, 0.15) is 11.9 Å². The van der Waals surface area contributed by atoms with Gasteiger partial charge < -0.3 is 19.9 Å². The van der Waals surface area contributed by atoms with Crippen LogP contribution in [0.2, 0.25) is 0 Å². The number of hydrogen-bond acceptors (Lipinski definition) is 4. The molecule has 1 aliphatic rings. The normalized spacial score (nSPS) is 19.9. The molecule has 1 fully saturated rings. The largest absolute Gasteiger partial charge is 0.489 e. The molecule has 170 valence electrons. The van der Waals surface area contributed by atoms with E-state index in [2.05, 4.69) is 35.9 Å². The molecule has 4 rings (SSSR count). The summed E-state index contributed by atoms with van der Waals surface area (Å²) < 4.78 is 6.71. The van der Waals surface area contributed by atoms with Crippen LogP contribution in [-0.2, 0) is 0 Å². The van der Waals surface area contributed by atoms with Gasteiger partial charge in [-0.05, 0) is 69.0 Å². The van der Waals surface area contributed by atoms with Gasteiger partial charge in [-0.15, -0.1) is 0 Å². The molecule has 2 heterocycles. The third kappa shape index (κ3) is 4.66. The van der Waals surface area contributed by atoms with Crippen LogP contribution in [0.3, 0.4) is 0 Å². The van der Waals surface area contributed by atoms with E-state index < -0.39 is 11.6 Å². The van der Waals surface area contributed by atoms with Gasteiger partial charge in [0.15, 0.2) is 0 Å². The molecule has 2 atom stereocenters. The van der Waals surface area contributed by atoms with Crippen LogP contribution in [0, 0.1) is 13.8 Å². The third-order valence-electron chi connectivity index (χ3n) is 6.28. The van der Waals surface area contributed by atoms with Crippen molar-refractivity contribution in [2.45, 2.75) is 51.7 Å². The maximum atomic E-state index is 11.3. The Bertz CT molecular complexity index is 1110. The van der Waals surface area contributed by atoms with Crippen LogP contribution in [0.4, 0.5) is 0 Å². The third-order valence-corrected chi connectivity index (χ3v) is 6.28. The average Bonchev–Trinajstić information content (AvgIpc) is 3.21. The second-order valence-electron chi connectivity index (χ2n) is 9.63. The molecule has 32 heavy (non-hydrogen) atoms. The fraction of sp³-hybridized carbons (Fsp3) is 0.423. The van der Waals surface area contributed by atoms with E-state index in [-0.39, 0.29) is 17.6 Å². The predicted octanol–water partition coefficient (Wildman–Crippen LogP) is 4.49. The summed E-state index contributed by atoms with van der Waals surface area (Å²) in [6.45, 7) is 9.97. The number of nitrogens with one attached hydrogen (secondary N) is 1. The van der Waals surface area contributed by atoms with E-state index in [1.165, 1.54) is 5.56 Å². The lowest BCUT2D eigenvalue weighted by Gasteiger charge is -2.41. The van der Waals surface area contributed by atoms with Crippen LogP contribution in [0.1, 0.15) is 53.2 Å². The van der Waals surface area contributed by atoms with E-state index in [0.29, 0.717) is 6.54 Å². The highest BCUT2D eigenvalue weighted by molar-refractivity contribution is 5.90. The zero-order chi connectivity index (χ0) is 23.0. The van der Waals surface area contributed by atoms with Crippen molar-refractivity contribution in [1.29, 1.82) is 0 Å². The number of β-amino-alcohol motifs (C(OH)–C–C–N with tert-alkyl or cyclic N) is 1. The number of aromatic nitrogens is 1. The topological polar surface area (TPSA) is 85.8 Å². The summed E-state index contributed by atoms with van der Waals surface area (Å²) in [5, 5.41) is 20.7. The Morgan fingerprint density at radius 3 is 2.56 bits per heavy atom. The second-order valence-corrected chi connectivity index (χ2v) is 9.63. The van der Waals surface area contributed by atoms with Gasteiger partial charge in [-0.3, -0.25) is 4.90 Å². The quantitative estimate of drug-likeness (QED) is 0.530. The second kappa shape index (κ2) is 8.60. The molecule has 0 aliphatic carbocycles. The van der Waals surface area contributed by atoms with Crippen molar-refractivity contribution < 1.29 is 19.7 Å². The van der Waals surface area contributed by atoms with Gasteiger partial charge in [0.2, 0.25) is 0 Å². The van der Waals surface area contributed by atoms with Crippen LogP contribution in [0.25, 0.3) is 10.9 Å². The van der Waals surface area contributed by atoms with Gasteiger partial charge in [0, 0.05) is 37.1 Å². The van der Waals surface area contributed by atoms with Crippen LogP contribution >= 0.6 is 0 Å². The first-order valence-electron chi connectivity index (χ1n) is 11.1. The van der Waals surface area contributed by atoms with Gasteiger partial charge in [0.05, 0.1) is 16.7 Å². The number of likely N-dealkylation sites (tertiary alicyclic amines) is 1. The van der Waals surface area contributed by atoms with Crippen molar-refractivity contribution in [3.63, 3.8) is 0 Å². The summed E-state index contributed by atoms with van der Waals surface area (Å²) >= 11 is 0. The van der Waals surface area contributed by atoms with E-state index in [4.69, 9.17) is 4.74 Å². The van der Waals surface area contributed by atoms with E-state index in [1.54, 1.807) is 12.1 Å². The molecule has 3 N–H and O–H groups in total. The highest BCUT2D eigenvalue weighted by atomic mass is 16.5. The molecule has 1 saturated heterocycles. The molecule has 0 radical (unpaired) electrons. The minimum Gasteiger partial charge on any atom is -0.489 e. The molecule has 0 saturated carbocycles. The van der Waals surface area contributed by atoms with Crippen molar-refractivity contribution in [3.05, 3.63) is 64.8 Å². The molecule has 0 bridgehead atoms. The number of carboxylic acid groups (broad SMARTS) is 1. The number of rotatable bonds is 6. The smallest absolute Gasteiger partial charge is 0.335 e. The Hall–Kier alpha value is -2.83. The Morgan fingerprint density at radius 2 is 1.91 bits per heavy atom. The number of aromatic amines is 1. The molecule has 2 aromatic carbocycles. The van der Waals surface area contributed by atoms with Gasteiger partial charge in [0.25, 0.3) is 0 Å². The number of benzene rings is 2. The predicted molar refractivity (Wildman–Crippen MR) is 126 cm³/mol. The Balaban J connectivity index is 1.67. The fourth-order valence-corrected chi connectivity index (χ4v) is 4.89. The number of fused-ring (bicyclic) bond motifs is 1. The van der Waals surface area contributed by atoms with Gasteiger partial charge in [-0.25, -0.2) is 4.79 Å². The summed E-state index contributed by atoms with van der Waals surface area (Å²) in [4.78, 5) is 16.9. The van der Waals surface area contributed by atoms with Crippen molar-refractivity contribution in [3.8, 4) is 5.75 Å². The number of H-pyrrole nitrogens is 1. The summed E-state index contributed by atoms with van der Waals surface area (Å²) in [6.07, 6.45) is 2.71. The van der Waals surface area contributed by atoms with Gasteiger partial charge in [-0.1, -0.05) is 18.2 Å². The van der Waals surface area contributed by atoms with Crippen LogP contribution in [-0.4, -0.2) is 57.4 Å². The van der Waals surface area contributed by atoms with Crippen LogP contribution in [0.5, 0.6) is 5.75 Å². The molecular formula is C26H32N2O4. The first kappa shape index (κ1) is 22.4. The lowest BCUT2D eigenvalue weighted by molar-refractivity contribution is 0.00631. The number of carbonyl (C=O) groups is 1. The minimum atomic E-state index is -0.929. The number of ether oxygens (including phenoxy) is 1. The van der Waals surface area contributed by atoms with Crippen molar-refractivity contribution in [2.24, 2.45) is 0 Å². The molecule has 0 unspecified atom stereocenters. The highest BCUT2D eigenvalue weighted by Gasteiger charge is 2.34. The summed E-state index contributed by atoms with van der Waals surface area (Å²) in [5.74, 6) is 0.0327. The Morgan fingerprint density at radius 1 is 1.19 bits per heavy atom. The van der Waals surface area contributed by atoms with E-state index in [1.807, 2.05) is 32.2 Å². The number of piperidine rings is 1. The van der Waals surface area contributed by atoms with E-state index >= 15 is 0 Å². The molecule has 6 nitrogen and oxygen atoms in total. The van der Waals surface area contributed by atoms with Crippen LogP contribution < -0.4 is 4.74 Å². The monoisotopic (exact) mass is 436 g/mol. The molecule has 0 spiro atoms. The SMILES string of the molecule is Cc1cc(C)c2[nH]ccc2c1O[C@@H]1CCN(CC(C)(C)O)C[C@H]1c1ccc(C(=O)O)cc1. The summed E-state index contributed by atoms with van der Waals surface area (Å²) in [6, 6.07) is 11.3. The van der Waals surface area contributed by atoms with Crippen LogP contribution in [0.15, 0.2) is 42.6 Å². The molecular weight excluding hydrogens is 404 g/mol. The molecule has 3 aromatic rings. The van der Waals surface area contributed by atoms with Crippen molar-refractivity contribution in [2.75, 3.05) is 19.6 Å². The summed E-state index contributed by atoms with van der Waals surface area (Å²) in [5.41, 5.74) is 3.93. The number of nitrogens with zero attached hydrogens (tertiary/aromatic N) is 1. The molecule has 1 aromatic heterocycles. The van der Waals surface area contributed by atoms with Gasteiger partial charge in [-0.2, -0.15) is 0 Å². The lowest BCUT2D eigenvalue weighted by Crippen LogP contribution is -2.48. The number of hydrogen-bond donors (Lipinski definition) is 3. The molecule has 0 amide bonds. The lowest BCUT2D eigenvalue weighted by atomic mass is 9.86. The van der Waals surface area contributed by atoms with Crippen molar-refractivity contribution in [1.82, 2.24) is 9.88 Å². The summed E-state index contributed by atoms with van der Waals surface area (Å²) in [7, 11) is 0. The highest BCUT2D eigenvalue weighted by Crippen LogP contribution is 2.37.